The van der Waals surface area contributed by atoms with Gasteiger partial charge in [-0.25, -0.2) is 4.39 Å². The van der Waals surface area contributed by atoms with Crippen molar-refractivity contribution in [3.63, 3.8) is 0 Å². The van der Waals surface area contributed by atoms with E-state index in [-0.39, 0.29) is 30.1 Å². The SMILES string of the molecule is Cl.N[C@@H](CCF)c1cc(F)ccc1[N+](=O)[O-]. The highest BCUT2D eigenvalue weighted by Crippen LogP contribution is 2.26. The number of hydrogen-bond acceptors (Lipinski definition) is 3. The molecule has 0 amide bonds. The highest BCUT2D eigenvalue weighted by atomic mass is 35.5. The fourth-order valence-electron chi connectivity index (χ4n) is 1.26. The second-order valence-corrected chi connectivity index (χ2v) is 3.04. The van der Waals surface area contributed by atoms with Crippen molar-refractivity contribution in [1.29, 1.82) is 0 Å². The van der Waals surface area contributed by atoms with Crippen molar-refractivity contribution >= 4 is 18.1 Å². The normalized spacial score (nSPS) is 11.7. The molecule has 1 rings (SSSR count). The highest BCUT2D eigenvalue weighted by Gasteiger charge is 2.19. The molecule has 0 aromatic heterocycles. The third-order valence-electron chi connectivity index (χ3n) is 2.01. The van der Waals surface area contributed by atoms with Gasteiger partial charge in [-0.05, 0) is 18.6 Å². The van der Waals surface area contributed by atoms with Crippen LogP contribution >= 0.6 is 12.4 Å². The first-order chi connectivity index (χ1) is 7.06. The number of nitrogens with zero attached hydrogens (tertiary/aromatic N) is 1. The minimum atomic E-state index is -0.855. The van der Waals surface area contributed by atoms with E-state index in [1.165, 1.54) is 0 Å². The highest BCUT2D eigenvalue weighted by molar-refractivity contribution is 5.85. The standard InChI is InChI=1S/C9H10F2N2O2.ClH/c10-4-3-8(12)7-5-6(11)1-2-9(7)13(14)15;/h1-2,5,8H,3-4,12H2;1H/t8-;/m0./s1. The number of nitro groups is 1. The van der Waals surface area contributed by atoms with Crippen LogP contribution in [-0.2, 0) is 0 Å². The van der Waals surface area contributed by atoms with Crippen LogP contribution in [0.2, 0.25) is 0 Å². The molecule has 0 aliphatic rings. The first-order valence-corrected chi connectivity index (χ1v) is 4.31. The molecular weight excluding hydrogens is 242 g/mol. The van der Waals surface area contributed by atoms with Gasteiger partial charge in [0.25, 0.3) is 5.69 Å². The number of alkyl halides is 1. The third-order valence-corrected chi connectivity index (χ3v) is 2.01. The van der Waals surface area contributed by atoms with Gasteiger partial charge in [0, 0.05) is 17.7 Å². The molecule has 1 aromatic rings. The number of benzene rings is 1. The Balaban J connectivity index is 0.00000225. The van der Waals surface area contributed by atoms with Crippen molar-refractivity contribution in [2.24, 2.45) is 5.73 Å². The van der Waals surface area contributed by atoms with Crippen molar-refractivity contribution < 1.29 is 13.7 Å². The number of hydrogen-bond donors (Lipinski definition) is 1. The molecule has 16 heavy (non-hydrogen) atoms. The smallest absolute Gasteiger partial charge is 0.274 e. The predicted octanol–water partition coefficient (Wildman–Crippen LogP) is 2.52. The zero-order chi connectivity index (χ0) is 11.4. The molecule has 0 aliphatic heterocycles. The summed E-state index contributed by atoms with van der Waals surface area (Å²) >= 11 is 0. The molecule has 1 aromatic carbocycles. The van der Waals surface area contributed by atoms with E-state index in [2.05, 4.69) is 0 Å². The van der Waals surface area contributed by atoms with E-state index in [1.807, 2.05) is 0 Å². The van der Waals surface area contributed by atoms with Gasteiger partial charge in [0.1, 0.15) is 5.82 Å². The summed E-state index contributed by atoms with van der Waals surface area (Å²) in [7, 11) is 0. The third kappa shape index (κ3) is 3.39. The van der Waals surface area contributed by atoms with Gasteiger partial charge >= 0.3 is 0 Å². The second kappa shape index (κ2) is 6.34. The Bertz CT molecular complexity index is 377. The average Bonchev–Trinajstić information content (AvgIpc) is 2.17. The molecule has 2 N–H and O–H groups in total. The maximum Gasteiger partial charge on any atom is 0.274 e. The molecule has 4 nitrogen and oxygen atoms in total. The van der Waals surface area contributed by atoms with Crippen LogP contribution in [0, 0.1) is 15.9 Å². The Hall–Kier alpha value is -1.27. The summed E-state index contributed by atoms with van der Waals surface area (Å²) in [5, 5.41) is 10.6. The van der Waals surface area contributed by atoms with Gasteiger partial charge in [-0.2, -0.15) is 0 Å². The van der Waals surface area contributed by atoms with Crippen LogP contribution in [0.3, 0.4) is 0 Å². The lowest BCUT2D eigenvalue weighted by molar-refractivity contribution is -0.385. The predicted molar refractivity (Wildman–Crippen MR) is 57.8 cm³/mol. The van der Waals surface area contributed by atoms with Gasteiger partial charge in [0.05, 0.1) is 11.6 Å². The molecule has 0 bridgehead atoms. The summed E-state index contributed by atoms with van der Waals surface area (Å²) in [6.07, 6.45) is -0.0652. The van der Waals surface area contributed by atoms with Gasteiger partial charge in [-0.1, -0.05) is 0 Å². The van der Waals surface area contributed by atoms with Crippen LogP contribution in [0.4, 0.5) is 14.5 Å². The summed E-state index contributed by atoms with van der Waals surface area (Å²) < 4.78 is 24.9. The monoisotopic (exact) mass is 252 g/mol. The molecule has 0 fully saturated rings. The molecule has 0 spiro atoms. The van der Waals surface area contributed by atoms with Gasteiger partial charge in [-0.3, -0.25) is 14.5 Å². The summed E-state index contributed by atoms with van der Waals surface area (Å²) in [6, 6.07) is 2.12. The Labute approximate surface area is 97.0 Å². The Morgan fingerprint density at radius 1 is 1.50 bits per heavy atom. The minimum Gasteiger partial charge on any atom is -0.324 e. The largest absolute Gasteiger partial charge is 0.324 e. The molecule has 7 heteroatoms. The number of nitrogens with two attached hydrogens (primary N) is 1. The molecule has 0 radical (unpaired) electrons. The van der Waals surface area contributed by atoms with Crippen molar-refractivity contribution in [1.82, 2.24) is 0 Å². The molecule has 0 aliphatic carbocycles. The molecule has 1 atom stereocenters. The topological polar surface area (TPSA) is 69.2 Å². The zero-order valence-electron chi connectivity index (χ0n) is 8.23. The summed E-state index contributed by atoms with van der Waals surface area (Å²) in [5.74, 6) is -0.620. The van der Waals surface area contributed by atoms with Crippen molar-refractivity contribution in [3.05, 3.63) is 39.7 Å². The molecule has 0 heterocycles. The lowest BCUT2D eigenvalue weighted by Crippen LogP contribution is -2.13. The van der Waals surface area contributed by atoms with Crippen molar-refractivity contribution in [2.45, 2.75) is 12.5 Å². The maximum atomic E-state index is 12.8. The lowest BCUT2D eigenvalue weighted by atomic mass is 10.0. The maximum absolute atomic E-state index is 12.8. The second-order valence-electron chi connectivity index (χ2n) is 3.04. The molecule has 90 valence electrons. The molecule has 0 unspecified atom stereocenters. The summed E-state index contributed by atoms with van der Waals surface area (Å²) in [6.45, 7) is -0.700. The van der Waals surface area contributed by atoms with E-state index < -0.39 is 23.5 Å². The van der Waals surface area contributed by atoms with Gasteiger partial charge in [0.15, 0.2) is 0 Å². The zero-order valence-corrected chi connectivity index (χ0v) is 9.05. The van der Waals surface area contributed by atoms with Crippen LogP contribution in [0.5, 0.6) is 0 Å². The van der Waals surface area contributed by atoms with Crippen molar-refractivity contribution in [3.8, 4) is 0 Å². The van der Waals surface area contributed by atoms with Gasteiger partial charge < -0.3 is 5.73 Å². The van der Waals surface area contributed by atoms with E-state index in [0.717, 1.165) is 18.2 Å². The number of halogens is 3. The fraction of sp³-hybridized carbons (Fsp3) is 0.333. The van der Waals surface area contributed by atoms with E-state index in [1.54, 1.807) is 0 Å². The Kier molecular flexibility index (Phi) is 5.84. The number of nitro benzene ring substituents is 1. The average molecular weight is 253 g/mol. The van der Waals surface area contributed by atoms with E-state index in [0.29, 0.717) is 0 Å². The van der Waals surface area contributed by atoms with Crippen LogP contribution in [0.15, 0.2) is 18.2 Å². The first kappa shape index (κ1) is 14.7. The van der Waals surface area contributed by atoms with Crippen LogP contribution in [0.25, 0.3) is 0 Å². The number of rotatable bonds is 4. The van der Waals surface area contributed by atoms with Crippen LogP contribution < -0.4 is 5.73 Å². The molecule has 0 saturated heterocycles. The van der Waals surface area contributed by atoms with E-state index in [9.17, 15) is 18.9 Å². The fourth-order valence-corrected chi connectivity index (χ4v) is 1.26. The molecular formula is C9H11ClF2N2O2. The Morgan fingerprint density at radius 3 is 2.62 bits per heavy atom. The van der Waals surface area contributed by atoms with Crippen LogP contribution in [-0.4, -0.2) is 11.6 Å². The molecule has 0 saturated carbocycles. The van der Waals surface area contributed by atoms with Gasteiger partial charge in [-0.15, -0.1) is 12.4 Å². The first-order valence-electron chi connectivity index (χ1n) is 4.31. The van der Waals surface area contributed by atoms with Crippen molar-refractivity contribution in [2.75, 3.05) is 6.67 Å². The summed E-state index contributed by atoms with van der Waals surface area (Å²) in [5.41, 5.74) is 5.25. The van der Waals surface area contributed by atoms with Crippen LogP contribution in [0.1, 0.15) is 18.0 Å². The minimum absolute atomic E-state index is 0. The van der Waals surface area contributed by atoms with E-state index >= 15 is 0 Å². The quantitative estimate of drug-likeness (QED) is 0.661. The lowest BCUT2D eigenvalue weighted by Gasteiger charge is -2.09. The Morgan fingerprint density at radius 2 is 2.12 bits per heavy atom. The van der Waals surface area contributed by atoms with Gasteiger partial charge in [0.2, 0.25) is 0 Å². The van der Waals surface area contributed by atoms with E-state index in [4.69, 9.17) is 5.73 Å². The summed E-state index contributed by atoms with van der Waals surface area (Å²) in [4.78, 5) is 9.92.